The van der Waals surface area contributed by atoms with E-state index >= 15 is 0 Å². The standard InChI is InChI=1S/C16H33N3O.ClH/c1-12(2)8-19(9-13(3)4)16(20)11-18-10-15(7-17)6-14(18)5;/h12-15H,6-11,17H2,1-5H3;1H. The smallest absolute Gasteiger partial charge is 0.236 e. The van der Waals surface area contributed by atoms with E-state index in [0.29, 0.717) is 30.3 Å². The van der Waals surface area contributed by atoms with Crippen LogP contribution in [-0.2, 0) is 4.79 Å². The van der Waals surface area contributed by atoms with Crippen LogP contribution in [0, 0.1) is 17.8 Å². The van der Waals surface area contributed by atoms with Crippen molar-refractivity contribution in [3.63, 3.8) is 0 Å². The van der Waals surface area contributed by atoms with Crippen molar-refractivity contribution in [1.29, 1.82) is 0 Å². The summed E-state index contributed by atoms with van der Waals surface area (Å²) in [4.78, 5) is 16.9. The van der Waals surface area contributed by atoms with Crippen molar-refractivity contribution >= 4 is 18.3 Å². The summed E-state index contributed by atoms with van der Waals surface area (Å²) in [5.74, 6) is 1.87. The first-order chi connectivity index (χ1) is 9.33. The largest absolute Gasteiger partial charge is 0.341 e. The van der Waals surface area contributed by atoms with E-state index < -0.39 is 0 Å². The van der Waals surface area contributed by atoms with Crippen LogP contribution in [-0.4, -0.2) is 54.5 Å². The van der Waals surface area contributed by atoms with Crippen LogP contribution in [0.3, 0.4) is 0 Å². The first kappa shape index (κ1) is 20.7. The SMILES string of the molecule is CC(C)CN(CC(C)C)C(=O)CN1CC(CN)CC1C.Cl. The Kier molecular flexibility index (Phi) is 9.50. The fraction of sp³-hybridized carbons (Fsp3) is 0.938. The lowest BCUT2D eigenvalue weighted by Gasteiger charge is -2.29. The molecule has 21 heavy (non-hydrogen) atoms. The molecule has 1 rings (SSSR count). The number of amides is 1. The number of hydrogen-bond acceptors (Lipinski definition) is 3. The Bertz CT molecular complexity index is 300. The van der Waals surface area contributed by atoms with Gasteiger partial charge in [0.2, 0.25) is 5.91 Å². The highest BCUT2D eigenvalue weighted by Crippen LogP contribution is 2.22. The van der Waals surface area contributed by atoms with Crippen molar-refractivity contribution in [3.8, 4) is 0 Å². The summed E-state index contributed by atoms with van der Waals surface area (Å²) in [5.41, 5.74) is 5.76. The third kappa shape index (κ3) is 6.98. The molecule has 4 nitrogen and oxygen atoms in total. The topological polar surface area (TPSA) is 49.6 Å². The molecule has 2 N–H and O–H groups in total. The maximum Gasteiger partial charge on any atom is 0.236 e. The molecule has 0 aliphatic carbocycles. The molecular weight excluding hydrogens is 286 g/mol. The molecule has 0 aromatic carbocycles. The Morgan fingerprint density at radius 1 is 1.24 bits per heavy atom. The summed E-state index contributed by atoms with van der Waals surface area (Å²) in [7, 11) is 0. The number of carbonyl (C=O) groups excluding carboxylic acids is 1. The molecule has 1 saturated heterocycles. The van der Waals surface area contributed by atoms with Gasteiger partial charge in [0.15, 0.2) is 0 Å². The Balaban J connectivity index is 0.00000400. The molecule has 1 aliphatic rings. The molecule has 2 atom stereocenters. The van der Waals surface area contributed by atoms with Gasteiger partial charge in [-0.3, -0.25) is 9.69 Å². The Hall–Kier alpha value is -0.320. The van der Waals surface area contributed by atoms with Gasteiger partial charge in [-0.05, 0) is 37.6 Å². The predicted octanol–water partition coefficient (Wildman–Crippen LogP) is 2.22. The zero-order chi connectivity index (χ0) is 15.3. The second kappa shape index (κ2) is 9.65. The highest BCUT2D eigenvalue weighted by molar-refractivity contribution is 5.85. The molecule has 1 amide bonds. The van der Waals surface area contributed by atoms with E-state index in [1.165, 1.54) is 0 Å². The van der Waals surface area contributed by atoms with Crippen molar-refractivity contribution < 1.29 is 4.79 Å². The van der Waals surface area contributed by atoms with E-state index in [9.17, 15) is 4.79 Å². The lowest BCUT2D eigenvalue weighted by Crippen LogP contribution is -2.44. The Labute approximate surface area is 136 Å². The average molecular weight is 320 g/mol. The van der Waals surface area contributed by atoms with Gasteiger partial charge >= 0.3 is 0 Å². The molecule has 0 aromatic heterocycles. The van der Waals surface area contributed by atoms with Gasteiger partial charge in [0, 0.05) is 25.7 Å². The summed E-state index contributed by atoms with van der Waals surface area (Å²) in [6, 6.07) is 0.479. The van der Waals surface area contributed by atoms with Gasteiger partial charge < -0.3 is 10.6 Å². The first-order valence-corrected chi connectivity index (χ1v) is 8.05. The number of likely N-dealkylation sites (tertiary alicyclic amines) is 1. The van der Waals surface area contributed by atoms with Crippen molar-refractivity contribution in [3.05, 3.63) is 0 Å². The van der Waals surface area contributed by atoms with Gasteiger partial charge in [-0.15, -0.1) is 12.4 Å². The predicted molar refractivity (Wildman–Crippen MR) is 91.7 cm³/mol. The Morgan fingerprint density at radius 2 is 1.76 bits per heavy atom. The highest BCUT2D eigenvalue weighted by Gasteiger charge is 2.30. The summed E-state index contributed by atoms with van der Waals surface area (Å²) in [6.07, 6.45) is 1.12. The molecular formula is C16H34ClN3O. The number of halogens is 1. The van der Waals surface area contributed by atoms with Crippen LogP contribution < -0.4 is 5.73 Å². The van der Waals surface area contributed by atoms with Crippen LogP contribution in [0.25, 0.3) is 0 Å². The second-order valence-electron chi connectivity index (χ2n) is 7.20. The monoisotopic (exact) mass is 319 g/mol. The van der Waals surface area contributed by atoms with E-state index in [1.807, 2.05) is 4.90 Å². The molecule has 1 fully saturated rings. The number of hydrogen-bond donors (Lipinski definition) is 1. The highest BCUT2D eigenvalue weighted by atomic mass is 35.5. The van der Waals surface area contributed by atoms with E-state index in [0.717, 1.165) is 32.6 Å². The van der Waals surface area contributed by atoms with Crippen LogP contribution in [0.15, 0.2) is 0 Å². The number of rotatable bonds is 7. The molecule has 1 aliphatic heterocycles. The molecule has 0 saturated carbocycles. The zero-order valence-electron chi connectivity index (χ0n) is 14.3. The van der Waals surface area contributed by atoms with Gasteiger partial charge in [-0.25, -0.2) is 0 Å². The van der Waals surface area contributed by atoms with Gasteiger partial charge in [-0.2, -0.15) is 0 Å². The second-order valence-corrected chi connectivity index (χ2v) is 7.20. The third-order valence-corrected chi connectivity index (χ3v) is 3.99. The van der Waals surface area contributed by atoms with E-state index in [-0.39, 0.29) is 18.3 Å². The molecule has 126 valence electrons. The maximum absolute atomic E-state index is 12.6. The van der Waals surface area contributed by atoms with Gasteiger partial charge in [0.1, 0.15) is 0 Å². The molecule has 5 heteroatoms. The van der Waals surface area contributed by atoms with Crippen LogP contribution in [0.2, 0.25) is 0 Å². The van der Waals surface area contributed by atoms with Crippen molar-refractivity contribution in [2.24, 2.45) is 23.5 Å². The van der Waals surface area contributed by atoms with Gasteiger partial charge in [0.05, 0.1) is 6.54 Å². The summed E-state index contributed by atoms with van der Waals surface area (Å²) >= 11 is 0. The van der Waals surface area contributed by atoms with Crippen LogP contribution in [0.4, 0.5) is 0 Å². The fourth-order valence-electron chi connectivity index (χ4n) is 3.04. The minimum absolute atomic E-state index is 0. The summed E-state index contributed by atoms with van der Waals surface area (Å²) in [5, 5.41) is 0. The number of nitrogens with zero attached hydrogens (tertiary/aromatic N) is 2. The number of carbonyl (C=O) groups is 1. The van der Waals surface area contributed by atoms with Crippen LogP contribution >= 0.6 is 12.4 Å². The van der Waals surface area contributed by atoms with Crippen molar-refractivity contribution in [1.82, 2.24) is 9.80 Å². The third-order valence-electron chi connectivity index (χ3n) is 3.99. The van der Waals surface area contributed by atoms with E-state index in [4.69, 9.17) is 5.73 Å². The molecule has 0 radical (unpaired) electrons. The first-order valence-electron chi connectivity index (χ1n) is 8.05. The molecule has 1 heterocycles. The van der Waals surface area contributed by atoms with Crippen molar-refractivity contribution in [2.75, 3.05) is 32.7 Å². The minimum Gasteiger partial charge on any atom is -0.341 e. The average Bonchev–Trinajstić information content (AvgIpc) is 2.68. The Morgan fingerprint density at radius 3 is 2.14 bits per heavy atom. The van der Waals surface area contributed by atoms with Gasteiger partial charge in [0.25, 0.3) is 0 Å². The summed E-state index contributed by atoms with van der Waals surface area (Å²) < 4.78 is 0. The van der Waals surface area contributed by atoms with Crippen molar-refractivity contribution in [2.45, 2.75) is 47.1 Å². The summed E-state index contributed by atoms with van der Waals surface area (Å²) in [6.45, 7) is 14.9. The van der Waals surface area contributed by atoms with E-state index in [1.54, 1.807) is 0 Å². The minimum atomic E-state index is 0. The molecule has 0 bridgehead atoms. The fourth-order valence-corrected chi connectivity index (χ4v) is 3.04. The van der Waals surface area contributed by atoms with E-state index in [2.05, 4.69) is 39.5 Å². The quantitative estimate of drug-likeness (QED) is 0.783. The molecule has 0 spiro atoms. The van der Waals surface area contributed by atoms with Crippen LogP contribution in [0.5, 0.6) is 0 Å². The lowest BCUT2D eigenvalue weighted by molar-refractivity contribution is -0.133. The molecule has 2 unspecified atom stereocenters. The molecule has 0 aromatic rings. The zero-order valence-corrected chi connectivity index (χ0v) is 15.2. The lowest BCUT2D eigenvalue weighted by atomic mass is 10.1. The number of nitrogens with two attached hydrogens (primary N) is 1. The van der Waals surface area contributed by atoms with Crippen LogP contribution in [0.1, 0.15) is 41.0 Å². The maximum atomic E-state index is 12.6. The van der Waals surface area contributed by atoms with Gasteiger partial charge in [-0.1, -0.05) is 27.7 Å². The normalized spacial score (nSPS) is 22.7.